The van der Waals surface area contributed by atoms with Gasteiger partial charge in [0.2, 0.25) is 0 Å². The first kappa shape index (κ1) is 14.6. The fourth-order valence-electron chi connectivity index (χ4n) is 1.46. The van der Waals surface area contributed by atoms with E-state index in [9.17, 15) is 25.1 Å². The number of carbonyl (C=O) groups is 1. The first-order valence-corrected chi connectivity index (χ1v) is 5.11. The van der Waals surface area contributed by atoms with Gasteiger partial charge in [-0.1, -0.05) is 5.11 Å². The lowest BCUT2D eigenvalue weighted by Crippen LogP contribution is -2.21. The van der Waals surface area contributed by atoms with E-state index in [4.69, 9.17) is 5.53 Å². The van der Waals surface area contributed by atoms with E-state index >= 15 is 0 Å². The van der Waals surface area contributed by atoms with Crippen LogP contribution in [-0.2, 0) is 0 Å². The number of benzene rings is 1. The molecule has 0 aromatic heterocycles. The molecular formula is C10H10N4O5. The number of nitro groups is 1. The molecule has 100 valence electrons. The van der Waals surface area contributed by atoms with Crippen molar-refractivity contribution in [3.05, 3.63) is 49.9 Å². The molecule has 0 spiro atoms. The van der Waals surface area contributed by atoms with Crippen LogP contribution in [0.5, 0.6) is 0 Å². The van der Waals surface area contributed by atoms with Gasteiger partial charge in [-0.2, -0.15) is 0 Å². The molecule has 9 heteroatoms. The number of nitro benzene ring substituents is 1. The number of nitrogens with zero attached hydrogens (tertiary/aromatic N) is 4. The summed E-state index contributed by atoms with van der Waals surface area (Å²) < 4.78 is 0. The predicted molar refractivity (Wildman–Crippen MR) is 63.5 cm³/mol. The van der Waals surface area contributed by atoms with Gasteiger partial charge in [0, 0.05) is 11.0 Å². The second kappa shape index (κ2) is 6.45. The van der Waals surface area contributed by atoms with Crippen LogP contribution in [0.2, 0.25) is 0 Å². The molecule has 0 heterocycles. The molecular weight excluding hydrogens is 256 g/mol. The fraction of sp³-hybridized carbons (Fsp3) is 0.300. The maximum absolute atomic E-state index is 10.7. The van der Waals surface area contributed by atoms with Gasteiger partial charge < -0.3 is 10.2 Å². The van der Waals surface area contributed by atoms with Gasteiger partial charge in [0.25, 0.3) is 5.69 Å². The Hall–Kier alpha value is -2.48. The van der Waals surface area contributed by atoms with E-state index in [0.29, 0.717) is 0 Å². The first-order chi connectivity index (χ1) is 9.01. The van der Waals surface area contributed by atoms with Crippen molar-refractivity contribution in [2.45, 2.75) is 12.2 Å². The average molecular weight is 266 g/mol. The summed E-state index contributed by atoms with van der Waals surface area (Å²) in [5, 5.41) is 33.0. The zero-order chi connectivity index (χ0) is 14.4. The van der Waals surface area contributed by atoms with Gasteiger partial charge in [-0.3, -0.25) is 14.9 Å². The van der Waals surface area contributed by atoms with Gasteiger partial charge in [0.1, 0.15) is 6.10 Å². The van der Waals surface area contributed by atoms with Gasteiger partial charge in [0.05, 0.1) is 23.1 Å². The summed E-state index contributed by atoms with van der Waals surface area (Å²) in [6, 6.07) is 3.38. The van der Waals surface area contributed by atoms with Gasteiger partial charge in [-0.15, -0.1) is 0 Å². The molecule has 0 radical (unpaired) electrons. The van der Waals surface area contributed by atoms with Crippen LogP contribution in [0, 0.1) is 10.1 Å². The Morgan fingerprint density at radius 3 is 2.74 bits per heavy atom. The van der Waals surface area contributed by atoms with Gasteiger partial charge in [-0.05, 0) is 23.2 Å². The second-order valence-electron chi connectivity index (χ2n) is 3.62. The van der Waals surface area contributed by atoms with E-state index in [-0.39, 0.29) is 24.0 Å². The lowest BCUT2D eigenvalue weighted by Gasteiger charge is -2.16. The van der Waals surface area contributed by atoms with Crippen molar-refractivity contribution in [3.8, 4) is 0 Å². The zero-order valence-electron chi connectivity index (χ0n) is 9.58. The molecule has 1 rings (SSSR count). The van der Waals surface area contributed by atoms with E-state index in [1.54, 1.807) is 0 Å². The molecule has 0 saturated heterocycles. The molecule has 1 aromatic carbocycles. The van der Waals surface area contributed by atoms with Gasteiger partial charge >= 0.3 is 0 Å². The van der Waals surface area contributed by atoms with Crippen LogP contribution in [0.4, 0.5) is 5.69 Å². The van der Waals surface area contributed by atoms with Crippen LogP contribution in [0.25, 0.3) is 10.4 Å². The third kappa shape index (κ3) is 3.49. The topological polar surface area (TPSA) is 149 Å². The number of rotatable bonds is 6. The minimum Gasteiger partial charge on any atom is -0.390 e. The first-order valence-electron chi connectivity index (χ1n) is 5.11. The van der Waals surface area contributed by atoms with E-state index < -0.39 is 22.8 Å². The fourth-order valence-corrected chi connectivity index (χ4v) is 1.46. The molecule has 19 heavy (non-hydrogen) atoms. The van der Waals surface area contributed by atoms with E-state index in [1.165, 1.54) is 6.07 Å². The summed E-state index contributed by atoms with van der Waals surface area (Å²) in [7, 11) is 0. The standard InChI is InChI=1S/C10H10N4O5/c11-13-12-4-9(16)10(17)6-1-2-8(14(18)19)7(3-6)5-15/h1-3,5,9-10,16-17H,4H2. The molecule has 0 aliphatic heterocycles. The Labute approximate surface area is 106 Å². The van der Waals surface area contributed by atoms with Crippen molar-refractivity contribution in [1.82, 2.24) is 0 Å². The summed E-state index contributed by atoms with van der Waals surface area (Å²) in [4.78, 5) is 23.1. The monoisotopic (exact) mass is 266 g/mol. The summed E-state index contributed by atoms with van der Waals surface area (Å²) in [5.41, 5.74) is 7.61. The van der Waals surface area contributed by atoms with Gasteiger partial charge in [0.15, 0.2) is 6.29 Å². The zero-order valence-corrected chi connectivity index (χ0v) is 9.58. The Morgan fingerprint density at radius 1 is 1.53 bits per heavy atom. The highest BCUT2D eigenvalue weighted by Crippen LogP contribution is 2.24. The smallest absolute Gasteiger partial charge is 0.279 e. The highest BCUT2D eigenvalue weighted by atomic mass is 16.6. The van der Waals surface area contributed by atoms with Crippen molar-refractivity contribution in [1.29, 1.82) is 0 Å². The Bertz CT molecular complexity index is 541. The molecule has 0 amide bonds. The number of aldehydes is 1. The van der Waals surface area contributed by atoms with Crippen molar-refractivity contribution in [2.24, 2.45) is 5.11 Å². The lowest BCUT2D eigenvalue weighted by molar-refractivity contribution is -0.385. The Balaban J connectivity index is 3.04. The van der Waals surface area contributed by atoms with Crippen LogP contribution in [0.3, 0.4) is 0 Å². The van der Waals surface area contributed by atoms with Crippen molar-refractivity contribution < 1.29 is 19.9 Å². The summed E-state index contributed by atoms with van der Waals surface area (Å²) >= 11 is 0. The van der Waals surface area contributed by atoms with Crippen LogP contribution in [-0.4, -0.2) is 34.1 Å². The van der Waals surface area contributed by atoms with E-state index in [1.807, 2.05) is 0 Å². The number of aliphatic hydroxyl groups is 2. The third-order valence-electron chi connectivity index (χ3n) is 2.41. The number of hydrogen-bond donors (Lipinski definition) is 2. The molecule has 0 fully saturated rings. The summed E-state index contributed by atoms with van der Waals surface area (Å²) in [6.45, 7) is -0.356. The summed E-state index contributed by atoms with van der Waals surface area (Å²) in [6.07, 6.45) is -2.49. The van der Waals surface area contributed by atoms with E-state index in [2.05, 4.69) is 10.0 Å². The third-order valence-corrected chi connectivity index (χ3v) is 2.41. The molecule has 0 aliphatic carbocycles. The molecule has 0 aliphatic rings. The normalized spacial score (nSPS) is 13.2. The van der Waals surface area contributed by atoms with Crippen LogP contribution >= 0.6 is 0 Å². The van der Waals surface area contributed by atoms with Crippen molar-refractivity contribution >= 4 is 12.0 Å². The maximum Gasteiger partial charge on any atom is 0.279 e. The van der Waals surface area contributed by atoms with Crippen molar-refractivity contribution in [2.75, 3.05) is 6.54 Å². The molecule has 2 atom stereocenters. The van der Waals surface area contributed by atoms with Crippen molar-refractivity contribution in [3.63, 3.8) is 0 Å². The summed E-state index contributed by atoms with van der Waals surface area (Å²) in [5.74, 6) is 0. The number of azide groups is 1. The number of hydrogen-bond acceptors (Lipinski definition) is 6. The predicted octanol–water partition coefficient (Wildman–Crippen LogP) is 1.11. The number of aliphatic hydroxyl groups excluding tert-OH is 2. The quantitative estimate of drug-likeness (QED) is 0.197. The minimum atomic E-state index is -1.41. The SMILES string of the molecule is [N-]=[N+]=NCC(O)C(O)c1ccc([N+](=O)[O-])c(C=O)c1. The largest absolute Gasteiger partial charge is 0.390 e. The molecule has 0 saturated carbocycles. The maximum atomic E-state index is 10.7. The minimum absolute atomic E-state index is 0.119. The van der Waals surface area contributed by atoms with Gasteiger partial charge in [-0.25, -0.2) is 0 Å². The molecule has 0 bridgehead atoms. The Morgan fingerprint density at radius 2 is 2.21 bits per heavy atom. The molecule has 1 aromatic rings. The molecule has 9 nitrogen and oxygen atoms in total. The van der Waals surface area contributed by atoms with Crippen LogP contribution < -0.4 is 0 Å². The average Bonchev–Trinajstić information content (AvgIpc) is 2.42. The number of carbonyl (C=O) groups excluding carboxylic acids is 1. The molecule has 2 unspecified atom stereocenters. The highest BCUT2D eigenvalue weighted by Gasteiger charge is 2.21. The second-order valence-corrected chi connectivity index (χ2v) is 3.62. The van der Waals surface area contributed by atoms with Crippen LogP contribution in [0.1, 0.15) is 22.0 Å². The lowest BCUT2D eigenvalue weighted by atomic mass is 10.0. The highest BCUT2D eigenvalue weighted by molar-refractivity contribution is 5.81. The Kier molecular flexibility index (Phi) is 4.95. The molecule has 2 N–H and O–H groups in total. The van der Waals surface area contributed by atoms with E-state index in [0.717, 1.165) is 12.1 Å². The van der Waals surface area contributed by atoms with Crippen LogP contribution in [0.15, 0.2) is 23.3 Å².